The Morgan fingerprint density at radius 2 is 1.97 bits per heavy atom. The smallest absolute Gasteiger partial charge is 0.406 e. The fraction of sp³-hybridized carbons (Fsp3) is 0.652. The summed E-state index contributed by atoms with van der Waals surface area (Å²) >= 11 is 0. The number of benzene rings is 1. The van der Waals surface area contributed by atoms with Crippen molar-refractivity contribution in [3.63, 3.8) is 0 Å². The van der Waals surface area contributed by atoms with Crippen LogP contribution in [0.25, 0.3) is 0 Å². The fourth-order valence-electron chi connectivity index (χ4n) is 5.42. The van der Waals surface area contributed by atoms with E-state index in [0.717, 1.165) is 50.9 Å². The summed E-state index contributed by atoms with van der Waals surface area (Å²) in [6.07, 6.45) is -1.50. The highest BCUT2D eigenvalue weighted by atomic mass is 19.4. The highest BCUT2D eigenvalue weighted by Gasteiger charge is 2.49. The van der Waals surface area contributed by atoms with E-state index in [9.17, 15) is 27.2 Å². The summed E-state index contributed by atoms with van der Waals surface area (Å²) in [6.45, 7) is 2.63. The van der Waals surface area contributed by atoms with Gasteiger partial charge >= 0.3 is 18.4 Å². The molecule has 0 bridgehead atoms. The molecule has 2 atom stereocenters. The second-order valence-electron chi connectivity index (χ2n) is 9.88. The van der Waals surface area contributed by atoms with E-state index in [4.69, 9.17) is 0 Å². The van der Waals surface area contributed by atoms with E-state index in [2.05, 4.69) is 20.3 Å². The zero-order chi connectivity index (χ0) is 25.4. The minimum atomic E-state index is -4.92. The lowest BCUT2D eigenvalue weighted by Gasteiger charge is -2.47. The second-order valence-corrected chi connectivity index (χ2v) is 9.88. The highest BCUT2D eigenvalue weighted by molar-refractivity contribution is 5.76. The molecule has 2 aliphatic heterocycles. The lowest BCUT2D eigenvalue weighted by Crippen LogP contribution is -2.61. The van der Waals surface area contributed by atoms with Crippen LogP contribution >= 0.6 is 0 Å². The second kappa shape index (κ2) is 9.71. The molecular weight excluding hydrogens is 470 g/mol. The molecule has 2 N–H and O–H groups in total. The van der Waals surface area contributed by atoms with Gasteiger partial charge in [0.05, 0.1) is 6.04 Å². The number of carbonyl (C=O) groups is 2. The van der Waals surface area contributed by atoms with Gasteiger partial charge in [-0.05, 0) is 45.3 Å². The Bertz CT molecular complexity index is 958. The molecule has 35 heavy (non-hydrogen) atoms. The van der Waals surface area contributed by atoms with Crippen molar-refractivity contribution in [3.05, 3.63) is 29.6 Å². The van der Waals surface area contributed by atoms with E-state index in [1.807, 2.05) is 7.05 Å². The first-order valence-electron chi connectivity index (χ1n) is 11.7. The summed E-state index contributed by atoms with van der Waals surface area (Å²) < 4.78 is 55.2. The van der Waals surface area contributed by atoms with Crippen molar-refractivity contribution >= 4 is 12.1 Å². The van der Waals surface area contributed by atoms with Crippen molar-refractivity contribution in [2.24, 2.45) is 5.41 Å². The summed E-state index contributed by atoms with van der Waals surface area (Å²) in [4.78, 5) is 31.6. The number of rotatable bonds is 5. The Kier molecular flexibility index (Phi) is 7.03. The third-order valence-electron chi connectivity index (χ3n) is 7.01. The Labute approximate surface area is 201 Å². The largest absolute Gasteiger partial charge is 0.573 e. The van der Waals surface area contributed by atoms with Gasteiger partial charge in [0.15, 0.2) is 0 Å². The Hall–Kier alpha value is -2.76. The van der Waals surface area contributed by atoms with Gasteiger partial charge < -0.3 is 30.1 Å². The van der Waals surface area contributed by atoms with Crippen molar-refractivity contribution in [1.29, 1.82) is 0 Å². The minimum Gasteiger partial charge on any atom is -0.406 e. The van der Waals surface area contributed by atoms with Crippen LogP contribution in [0.3, 0.4) is 0 Å². The van der Waals surface area contributed by atoms with Crippen molar-refractivity contribution in [1.82, 2.24) is 25.3 Å². The van der Waals surface area contributed by atoms with E-state index >= 15 is 0 Å². The van der Waals surface area contributed by atoms with Gasteiger partial charge in [0.25, 0.3) is 0 Å². The maximum Gasteiger partial charge on any atom is 0.573 e. The van der Waals surface area contributed by atoms with Gasteiger partial charge in [-0.25, -0.2) is 14.0 Å². The molecule has 8 nitrogen and oxygen atoms in total. The SMILES string of the molecule is CNC(=O)N1CC(N(C(=O)NCc2ccc(OC(F)(F)F)cc2F)C2CC2)CC2(CCN(C)C2)C1. The molecule has 0 aromatic heterocycles. The molecule has 1 aromatic carbocycles. The molecule has 3 aliphatic rings. The van der Waals surface area contributed by atoms with Crippen molar-refractivity contribution in [3.8, 4) is 5.75 Å². The van der Waals surface area contributed by atoms with E-state index < -0.39 is 17.9 Å². The molecule has 194 valence electrons. The van der Waals surface area contributed by atoms with Crippen LogP contribution in [0.1, 0.15) is 31.2 Å². The number of piperidine rings is 1. The van der Waals surface area contributed by atoms with Crippen LogP contribution in [0.15, 0.2) is 18.2 Å². The van der Waals surface area contributed by atoms with Crippen molar-refractivity contribution < 1.29 is 31.9 Å². The van der Waals surface area contributed by atoms with Crippen LogP contribution in [-0.2, 0) is 6.54 Å². The fourth-order valence-corrected chi connectivity index (χ4v) is 5.42. The molecule has 12 heteroatoms. The first kappa shape index (κ1) is 25.3. The predicted molar refractivity (Wildman–Crippen MR) is 119 cm³/mol. The Balaban J connectivity index is 1.46. The molecule has 0 radical (unpaired) electrons. The van der Waals surface area contributed by atoms with Gasteiger partial charge in [0.2, 0.25) is 0 Å². The van der Waals surface area contributed by atoms with Gasteiger partial charge in [-0.3, -0.25) is 0 Å². The third-order valence-corrected chi connectivity index (χ3v) is 7.01. The van der Waals surface area contributed by atoms with Crippen LogP contribution in [0.4, 0.5) is 27.2 Å². The summed E-state index contributed by atoms with van der Waals surface area (Å²) in [6, 6.07) is 2.14. The molecular formula is C23H31F4N5O3. The average molecular weight is 502 g/mol. The summed E-state index contributed by atoms with van der Waals surface area (Å²) in [5.41, 5.74) is -0.0500. The number of carbonyl (C=O) groups excluding carboxylic acids is 2. The van der Waals surface area contributed by atoms with Gasteiger partial charge in [-0.15, -0.1) is 13.2 Å². The molecule has 2 heterocycles. The highest BCUT2D eigenvalue weighted by Crippen LogP contribution is 2.42. The van der Waals surface area contributed by atoms with E-state index in [1.165, 1.54) is 0 Å². The van der Waals surface area contributed by atoms with Gasteiger partial charge in [-0.2, -0.15) is 0 Å². The topological polar surface area (TPSA) is 77.2 Å². The molecule has 1 aliphatic carbocycles. The normalized spacial score (nSPS) is 25.0. The van der Waals surface area contributed by atoms with Gasteiger partial charge in [-0.1, -0.05) is 6.07 Å². The summed E-state index contributed by atoms with van der Waals surface area (Å²) in [5, 5.41) is 5.42. The van der Waals surface area contributed by atoms with Crippen LogP contribution in [0, 0.1) is 11.2 Å². The van der Waals surface area contributed by atoms with E-state index in [-0.39, 0.29) is 41.7 Å². The molecule has 1 aromatic rings. The molecule has 2 unspecified atom stereocenters. The van der Waals surface area contributed by atoms with Crippen LogP contribution in [-0.4, -0.2) is 85.5 Å². The molecule has 2 saturated heterocycles. The minimum absolute atomic E-state index is 0.0492. The third kappa shape index (κ3) is 6.09. The zero-order valence-corrected chi connectivity index (χ0v) is 19.8. The zero-order valence-electron chi connectivity index (χ0n) is 19.8. The maximum atomic E-state index is 14.4. The number of alkyl halides is 3. The molecule has 1 saturated carbocycles. The first-order valence-corrected chi connectivity index (χ1v) is 11.7. The first-order chi connectivity index (χ1) is 16.5. The number of ether oxygens (including phenoxy) is 1. The van der Waals surface area contributed by atoms with Crippen LogP contribution in [0.5, 0.6) is 5.75 Å². The predicted octanol–water partition coefficient (Wildman–Crippen LogP) is 3.13. The van der Waals surface area contributed by atoms with Gasteiger partial charge in [0.1, 0.15) is 11.6 Å². The number of halogens is 4. The maximum absolute atomic E-state index is 14.4. The number of urea groups is 2. The van der Waals surface area contributed by atoms with E-state index in [0.29, 0.717) is 19.2 Å². The molecule has 4 rings (SSSR count). The number of hydrogen-bond donors (Lipinski definition) is 2. The van der Waals surface area contributed by atoms with Gasteiger partial charge in [0, 0.05) is 56.3 Å². The summed E-state index contributed by atoms with van der Waals surface area (Å²) in [5.74, 6) is -1.56. The number of nitrogens with zero attached hydrogens (tertiary/aromatic N) is 3. The number of nitrogens with one attached hydrogen (secondary N) is 2. The Morgan fingerprint density at radius 1 is 1.23 bits per heavy atom. The van der Waals surface area contributed by atoms with Crippen LogP contribution < -0.4 is 15.4 Å². The molecule has 1 spiro atoms. The van der Waals surface area contributed by atoms with Crippen molar-refractivity contribution in [2.75, 3.05) is 40.3 Å². The Morgan fingerprint density at radius 3 is 2.54 bits per heavy atom. The van der Waals surface area contributed by atoms with Crippen molar-refractivity contribution in [2.45, 2.75) is 50.7 Å². The quantitative estimate of drug-likeness (QED) is 0.608. The average Bonchev–Trinajstić information content (AvgIpc) is 3.54. The monoisotopic (exact) mass is 501 g/mol. The number of likely N-dealkylation sites (tertiary alicyclic amines) is 2. The van der Waals surface area contributed by atoms with Crippen LogP contribution in [0.2, 0.25) is 0 Å². The molecule has 3 fully saturated rings. The summed E-state index contributed by atoms with van der Waals surface area (Å²) in [7, 11) is 3.64. The van der Waals surface area contributed by atoms with E-state index in [1.54, 1.807) is 16.8 Å². The lowest BCUT2D eigenvalue weighted by atomic mass is 9.76. The number of hydrogen-bond acceptors (Lipinski definition) is 4. The molecule has 4 amide bonds. The lowest BCUT2D eigenvalue weighted by molar-refractivity contribution is -0.274. The number of amides is 4. The standard InChI is InChI=1S/C23H31F4N5O3/c1-28-20(33)31-12-17(10-22(14-31)7-8-30(2)13-22)32(16-4-5-16)21(34)29-11-15-3-6-18(9-19(15)24)35-23(25,26)27/h3,6,9,16-17H,4-5,7-8,10-14H2,1-2H3,(H,28,33)(H,29,34).